The van der Waals surface area contributed by atoms with Crippen LogP contribution in [0.2, 0.25) is 0 Å². The minimum Gasteiger partial charge on any atom is -0.497 e. The van der Waals surface area contributed by atoms with Crippen molar-refractivity contribution in [1.82, 2.24) is 0 Å². The molecule has 0 saturated heterocycles. The second-order valence-electron chi connectivity index (χ2n) is 5.77. The van der Waals surface area contributed by atoms with E-state index in [1.165, 1.54) is 6.92 Å². The van der Waals surface area contributed by atoms with E-state index in [1.807, 2.05) is 24.3 Å². The van der Waals surface area contributed by atoms with E-state index in [1.54, 1.807) is 30.2 Å². The van der Waals surface area contributed by atoms with E-state index in [0.29, 0.717) is 30.3 Å². The molecule has 0 aromatic heterocycles. The normalized spacial score (nSPS) is 12.8. The summed E-state index contributed by atoms with van der Waals surface area (Å²) in [6.07, 6.45) is 0.258. The molecule has 6 heteroatoms. The molecule has 2 aromatic rings. The molecule has 0 unspecified atom stereocenters. The van der Waals surface area contributed by atoms with Crippen LogP contribution in [0.4, 0.5) is 11.4 Å². The Morgan fingerprint density at radius 3 is 2.64 bits per heavy atom. The van der Waals surface area contributed by atoms with Gasteiger partial charge in [-0.1, -0.05) is 12.1 Å². The van der Waals surface area contributed by atoms with Gasteiger partial charge in [0.05, 0.1) is 25.8 Å². The highest BCUT2D eigenvalue weighted by Gasteiger charge is 2.21. The molecule has 0 spiro atoms. The van der Waals surface area contributed by atoms with Gasteiger partial charge in [0, 0.05) is 12.6 Å². The molecule has 0 aliphatic carbocycles. The van der Waals surface area contributed by atoms with Crippen LogP contribution < -0.4 is 19.7 Å². The maximum atomic E-state index is 12.3. The lowest BCUT2D eigenvalue weighted by molar-refractivity contribution is -0.117. The highest BCUT2D eigenvalue weighted by Crippen LogP contribution is 2.34. The lowest BCUT2D eigenvalue weighted by Gasteiger charge is -2.29. The van der Waals surface area contributed by atoms with E-state index in [-0.39, 0.29) is 18.2 Å². The lowest BCUT2D eigenvalue weighted by Crippen LogP contribution is -2.36. The standard InChI is InChI=1S/C19H20N2O4/c1-13(22)21-9-10-25-18-8-5-15(12-17(18)21)20-19(23)11-14-3-6-16(24-2)7-4-14/h3-8,12H,9-11H2,1-2H3,(H,20,23). The summed E-state index contributed by atoms with van der Waals surface area (Å²) in [5.41, 5.74) is 2.21. The second-order valence-corrected chi connectivity index (χ2v) is 5.77. The van der Waals surface area contributed by atoms with Gasteiger partial charge in [-0.05, 0) is 35.9 Å². The quantitative estimate of drug-likeness (QED) is 0.929. The average molecular weight is 340 g/mol. The largest absolute Gasteiger partial charge is 0.497 e. The van der Waals surface area contributed by atoms with Crippen molar-refractivity contribution in [2.45, 2.75) is 13.3 Å². The van der Waals surface area contributed by atoms with Crippen LogP contribution in [0.25, 0.3) is 0 Å². The van der Waals surface area contributed by atoms with Crippen molar-refractivity contribution in [1.29, 1.82) is 0 Å². The maximum Gasteiger partial charge on any atom is 0.228 e. The Morgan fingerprint density at radius 1 is 1.20 bits per heavy atom. The first-order valence-electron chi connectivity index (χ1n) is 8.04. The molecule has 0 atom stereocenters. The summed E-state index contributed by atoms with van der Waals surface area (Å²) in [4.78, 5) is 25.7. The van der Waals surface area contributed by atoms with Crippen molar-refractivity contribution in [3.8, 4) is 11.5 Å². The van der Waals surface area contributed by atoms with E-state index in [0.717, 1.165) is 11.3 Å². The zero-order chi connectivity index (χ0) is 17.8. The number of rotatable bonds is 4. The number of benzene rings is 2. The van der Waals surface area contributed by atoms with Crippen LogP contribution in [-0.4, -0.2) is 32.1 Å². The van der Waals surface area contributed by atoms with Crippen LogP contribution in [-0.2, 0) is 16.0 Å². The molecule has 0 saturated carbocycles. The van der Waals surface area contributed by atoms with Crippen molar-refractivity contribution in [3.63, 3.8) is 0 Å². The molecule has 25 heavy (non-hydrogen) atoms. The van der Waals surface area contributed by atoms with E-state index < -0.39 is 0 Å². The molecule has 2 amide bonds. The zero-order valence-electron chi connectivity index (χ0n) is 14.2. The van der Waals surface area contributed by atoms with Crippen LogP contribution in [0.3, 0.4) is 0 Å². The third kappa shape index (κ3) is 3.91. The molecule has 130 valence electrons. The van der Waals surface area contributed by atoms with Crippen LogP contribution in [0.15, 0.2) is 42.5 Å². The van der Waals surface area contributed by atoms with E-state index in [9.17, 15) is 9.59 Å². The number of nitrogens with zero attached hydrogens (tertiary/aromatic N) is 1. The fraction of sp³-hybridized carbons (Fsp3) is 0.263. The Hall–Kier alpha value is -3.02. The molecule has 0 fully saturated rings. The third-order valence-corrected chi connectivity index (χ3v) is 4.01. The zero-order valence-corrected chi connectivity index (χ0v) is 14.2. The molecule has 0 bridgehead atoms. The van der Waals surface area contributed by atoms with Crippen molar-refractivity contribution in [2.75, 3.05) is 30.5 Å². The number of anilines is 2. The monoisotopic (exact) mass is 340 g/mol. The van der Waals surface area contributed by atoms with Gasteiger partial charge in [0.25, 0.3) is 0 Å². The Balaban J connectivity index is 1.71. The average Bonchev–Trinajstić information content (AvgIpc) is 2.61. The number of carbonyl (C=O) groups is 2. The van der Waals surface area contributed by atoms with E-state index >= 15 is 0 Å². The number of carbonyl (C=O) groups excluding carboxylic acids is 2. The molecule has 3 rings (SSSR count). The molecule has 1 aliphatic heterocycles. The fourth-order valence-electron chi connectivity index (χ4n) is 2.76. The van der Waals surface area contributed by atoms with Crippen molar-refractivity contribution in [2.24, 2.45) is 0 Å². The summed E-state index contributed by atoms with van der Waals surface area (Å²) in [5.74, 6) is 1.22. The van der Waals surface area contributed by atoms with Gasteiger partial charge in [-0.15, -0.1) is 0 Å². The van der Waals surface area contributed by atoms with Gasteiger partial charge in [-0.25, -0.2) is 0 Å². The molecular formula is C19H20N2O4. The Morgan fingerprint density at radius 2 is 1.96 bits per heavy atom. The van der Waals surface area contributed by atoms with Gasteiger partial charge in [0.15, 0.2) is 0 Å². The van der Waals surface area contributed by atoms with Crippen LogP contribution >= 0.6 is 0 Å². The van der Waals surface area contributed by atoms with Crippen molar-refractivity contribution < 1.29 is 19.1 Å². The molecule has 2 aromatic carbocycles. The molecule has 0 radical (unpaired) electrons. The number of amides is 2. The molecule has 6 nitrogen and oxygen atoms in total. The first-order valence-corrected chi connectivity index (χ1v) is 8.04. The Kier molecular flexibility index (Phi) is 4.88. The minimum absolute atomic E-state index is 0.0498. The Bertz CT molecular complexity index is 787. The molecular weight excluding hydrogens is 320 g/mol. The van der Waals surface area contributed by atoms with Crippen molar-refractivity contribution in [3.05, 3.63) is 48.0 Å². The van der Waals surface area contributed by atoms with Gasteiger partial charge in [0.1, 0.15) is 18.1 Å². The summed E-state index contributed by atoms with van der Waals surface area (Å²) in [6.45, 7) is 2.49. The smallest absolute Gasteiger partial charge is 0.228 e. The second kappa shape index (κ2) is 7.25. The fourth-order valence-corrected chi connectivity index (χ4v) is 2.76. The number of nitrogens with one attached hydrogen (secondary N) is 1. The molecule has 1 heterocycles. The maximum absolute atomic E-state index is 12.3. The van der Waals surface area contributed by atoms with E-state index in [2.05, 4.69) is 5.32 Å². The first-order chi connectivity index (χ1) is 12.1. The van der Waals surface area contributed by atoms with Gasteiger partial charge < -0.3 is 19.7 Å². The van der Waals surface area contributed by atoms with Gasteiger partial charge >= 0.3 is 0 Å². The summed E-state index contributed by atoms with van der Waals surface area (Å²) in [6, 6.07) is 12.7. The number of methoxy groups -OCH3 is 1. The van der Waals surface area contributed by atoms with Gasteiger partial charge in [0.2, 0.25) is 11.8 Å². The van der Waals surface area contributed by atoms with Crippen LogP contribution in [0.5, 0.6) is 11.5 Å². The number of hydrogen-bond donors (Lipinski definition) is 1. The number of ether oxygens (including phenoxy) is 2. The topological polar surface area (TPSA) is 67.9 Å². The molecule has 1 aliphatic rings. The molecule has 1 N–H and O–H groups in total. The lowest BCUT2D eigenvalue weighted by atomic mass is 10.1. The third-order valence-electron chi connectivity index (χ3n) is 4.01. The van der Waals surface area contributed by atoms with Crippen LogP contribution in [0.1, 0.15) is 12.5 Å². The minimum atomic E-state index is -0.129. The van der Waals surface area contributed by atoms with Gasteiger partial charge in [-0.2, -0.15) is 0 Å². The Labute approximate surface area is 146 Å². The number of fused-ring (bicyclic) bond motifs is 1. The summed E-state index contributed by atoms with van der Waals surface area (Å²) < 4.78 is 10.7. The van der Waals surface area contributed by atoms with E-state index in [4.69, 9.17) is 9.47 Å². The summed E-state index contributed by atoms with van der Waals surface area (Å²) in [5, 5.41) is 2.86. The highest BCUT2D eigenvalue weighted by atomic mass is 16.5. The summed E-state index contributed by atoms with van der Waals surface area (Å²) in [7, 11) is 1.60. The predicted octanol–water partition coefficient (Wildman–Crippen LogP) is 2.62. The predicted molar refractivity (Wildman–Crippen MR) is 95.3 cm³/mol. The van der Waals surface area contributed by atoms with Gasteiger partial charge in [-0.3, -0.25) is 9.59 Å². The number of hydrogen-bond acceptors (Lipinski definition) is 4. The van der Waals surface area contributed by atoms with Crippen molar-refractivity contribution >= 4 is 23.2 Å². The SMILES string of the molecule is COc1ccc(CC(=O)Nc2ccc3c(c2)N(C(C)=O)CCO3)cc1. The highest BCUT2D eigenvalue weighted by molar-refractivity contribution is 5.97. The van der Waals surface area contributed by atoms with Crippen LogP contribution in [0, 0.1) is 0 Å². The summed E-state index contributed by atoms with van der Waals surface area (Å²) >= 11 is 0. The first kappa shape index (κ1) is 16.8.